The number of rotatable bonds is 8. The number of fused-ring (bicyclic) bond motifs is 3. The molecular formula is C30H20Cl2N4O4. The standard InChI is InChI=1S/C30H20Cl2N4O4/c31-29-30(32)36-24-14-18(10-11-21(24)35-29)40-16-34-23-13-12-22(33-15-39-17-6-2-1-3-7-17)25-26(23)28(38)20-9-5-4-8-19(20)27(25)37/h1-14,33-34H,15-16H2. The highest BCUT2D eigenvalue weighted by molar-refractivity contribution is 6.40. The van der Waals surface area contributed by atoms with Crippen molar-refractivity contribution < 1.29 is 19.1 Å². The molecule has 1 heterocycles. The molecular weight excluding hydrogens is 551 g/mol. The molecule has 4 aromatic carbocycles. The van der Waals surface area contributed by atoms with E-state index in [4.69, 9.17) is 32.7 Å². The molecule has 0 radical (unpaired) electrons. The van der Waals surface area contributed by atoms with E-state index in [-0.39, 0.29) is 46.5 Å². The number of anilines is 2. The van der Waals surface area contributed by atoms with Crippen LogP contribution < -0.4 is 20.1 Å². The van der Waals surface area contributed by atoms with Gasteiger partial charge in [-0.1, -0.05) is 65.7 Å². The summed E-state index contributed by atoms with van der Waals surface area (Å²) in [5.41, 5.74) is 3.31. The molecule has 5 aromatic rings. The first-order valence-electron chi connectivity index (χ1n) is 12.3. The first kappa shape index (κ1) is 25.6. The summed E-state index contributed by atoms with van der Waals surface area (Å²) in [5, 5.41) is 6.52. The van der Waals surface area contributed by atoms with Gasteiger partial charge in [-0.15, -0.1) is 0 Å². The molecule has 1 aliphatic rings. The lowest BCUT2D eigenvalue weighted by Gasteiger charge is -2.24. The lowest BCUT2D eigenvalue weighted by atomic mass is 9.82. The van der Waals surface area contributed by atoms with E-state index in [1.807, 2.05) is 30.3 Å². The number of ketones is 2. The van der Waals surface area contributed by atoms with Gasteiger partial charge in [-0.25, -0.2) is 9.97 Å². The fourth-order valence-corrected chi connectivity index (χ4v) is 4.78. The van der Waals surface area contributed by atoms with Gasteiger partial charge in [0, 0.05) is 28.6 Å². The van der Waals surface area contributed by atoms with Crippen LogP contribution >= 0.6 is 23.2 Å². The van der Waals surface area contributed by atoms with E-state index in [2.05, 4.69) is 20.6 Å². The van der Waals surface area contributed by atoms with E-state index in [9.17, 15) is 9.59 Å². The third-order valence-electron chi connectivity index (χ3n) is 6.38. The highest BCUT2D eigenvalue weighted by atomic mass is 35.5. The number of nitrogens with one attached hydrogen (secondary N) is 2. The van der Waals surface area contributed by atoms with Crippen molar-refractivity contribution in [3.63, 3.8) is 0 Å². The SMILES string of the molecule is O=C1c2ccccc2C(=O)c2c(NCOc3ccc4nc(Cl)c(Cl)nc4c3)ccc(NCOc3ccccc3)c21. The third-order valence-corrected chi connectivity index (χ3v) is 7.00. The summed E-state index contributed by atoms with van der Waals surface area (Å²) in [7, 11) is 0. The van der Waals surface area contributed by atoms with Gasteiger partial charge < -0.3 is 20.1 Å². The second-order valence-corrected chi connectivity index (χ2v) is 9.53. The van der Waals surface area contributed by atoms with E-state index in [0.717, 1.165) is 0 Å². The van der Waals surface area contributed by atoms with Gasteiger partial charge in [0.25, 0.3) is 0 Å². The zero-order valence-corrected chi connectivity index (χ0v) is 22.3. The van der Waals surface area contributed by atoms with Gasteiger partial charge >= 0.3 is 0 Å². The van der Waals surface area contributed by atoms with E-state index in [1.165, 1.54) is 0 Å². The number of hydrogen-bond donors (Lipinski definition) is 2. The van der Waals surface area contributed by atoms with Crippen LogP contribution in [0.2, 0.25) is 10.3 Å². The molecule has 6 rings (SSSR count). The van der Waals surface area contributed by atoms with E-state index >= 15 is 0 Å². The number of carbonyl (C=O) groups is 2. The van der Waals surface area contributed by atoms with Gasteiger partial charge in [0.1, 0.15) is 11.5 Å². The maximum Gasteiger partial charge on any atom is 0.196 e. The fraction of sp³-hybridized carbons (Fsp3) is 0.0667. The molecule has 0 amide bonds. The average molecular weight is 571 g/mol. The highest BCUT2D eigenvalue weighted by Crippen LogP contribution is 2.36. The Bertz CT molecular complexity index is 1780. The van der Waals surface area contributed by atoms with Crippen molar-refractivity contribution in [2.45, 2.75) is 0 Å². The molecule has 0 unspecified atom stereocenters. The second kappa shape index (κ2) is 10.8. The quantitative estimate of drug-likeness (QED) is 0.197. The summed E-state index contributed by atoms with van der Waals surface area (Å²) >= 11 is 11.9. The molecule has 0 saturated heterocycles. The topological polar surface area (TPSA) is 102 Å². The second-order valence-electron chi connectivity index (χ2n) is 8.81. The largest absolute Gasteiger partial charge is 0.473 e. The Labute approximate surface area is 238 Å². The predicted molar refractivity (Wildman–Crippen MR) is 154 cm³/mol. The van der Waals surface area contributed by atoms with Crippen molar-refractivity contribution in [3.05, 3.63) is 117 Å². The van der Waals surface area contributed by atoms with Crippen molar-refractivity contribution >= 4 is 57.2 Å². The van der Waals surface area contributed by atoms with E-state index in [1.54, 1.807) is 54.6 Å². The third kappa shape index (κ3) is 4.90. The van der Waals surface area contributed by atoms with Crippen LogP contribution in [0.4, 0.5) is 11.4 Å². The average Bonchev–Trinajstić information content (AvgIpc) is 2.97. The van der Waals surface area contributed by atoms with Crippen LogP contribution in [-0.4, -0.2) is 35.0 Å². The van der Waals surface area contributed by atoms with Crippen molar-refractivity contribution in [2.24, 2.45) is 0 Å². The molecule has 2 N–H and O–H groups in total. The van der Waals surface area contributed by atoms with Crippen LogP contribution in [0, 0.1) is 0 Å². The summed E-state index contributed by atoms with van der Waals surface area (Å²) < 4.78 is 11.6. The molecule has 0 spiro atoms. The number of benzene rings is 4. The van der Waals surface area contributed by atoms with Crippen LogP contribution in [0.5, 0.6) is 11.5 Å². The van der Waals surface area contributed by atoms with Crippen LogP contribution in [-0.2, 0) is 0 Å². The zero-order chi connectivity index (χ0) is 27.6. The van der Waals surface area contributed by atoms with Crippen LogP contribution in [0.3, 0.4) is 0 Å². The summed E-state index contributed by atoms with van der Waals surface area (Å²) in [5.74, 6) is 0.677. The Kier molecular flexibility index (Phi) is 6.94. The van der Waals surface area contributed by atoms with Crippen molar-refractivity contribution in [2.75, 3.05) is 24.1 Å². The Hall–Kier alpha value is -4.66. The van der Waals surface area contributed by atoms with E-state index in [0.29, 0.717) is 45.0 Å². The van der Waals surface area contributed by atoms with Gasteiger partial charge in [-0.2, -0.15) is 0 Å². The zero-order valence-electron chi connectivity index (χ0n) is 20.8. The summed E-state index contributed by atoms with van der Waals surface area (Å²) in [6.45, 7) is 0.120. The Morgan fingerprint density at radius 3 is 1.73 bits per heavy atom. The minimum absolute atomic E-state index is 0.0136. The van der Waals surface area contributed by atoms with Crippen molar-refractivity contribution in [1.82, 2.24) is 9.97 Å². The first-order chi connectivity index (χ1) is 19.5. The van der Waals surface area contributed by atoms with Crippen LogP contribution in [0.15, 0.2) is 84.9 Å². The maximum atomic E-state index is 13.6. The number of carbonyl (C=O) groups excluding carboxylic acids is 2. The smallest absolute Gasteiger partial charge is 0.196 e. The maximum absolute atomic E-state index is 13.6. The number of para-hydroxylation sites is 1. The number of aromatic nitrogens is 2. The summed E-state index contributed by atoms with van der Waals surface area (Å²) in [4.78, 5) is 35.6. The molecule has 0 saturated carbocycles. The predicted octanol–water partition coefficient (Wildman–Crippen LogP) is 6.61. The van der Waals surface area contributed by atoms with Crippen LogP contribution in [0.1, 0.15) is 31.8 Å². The molecule has 40 heavy (non-hydrogen) atoms. The number of nitrogens with zero attached hydrogens (tertiary/aromatic N) is 2. The molecule has 1 aliphatic carbocycles. The monoisotopic (exact) mass is 570 g/mol. The first-order valence-corrected chi connectivity index (χ1v) is 13.0. The molecule has 0 bridgehead atoms. The summed E-state index contributed by atoms with van der Waals surface area (Å²) in [6, 6.07) is 24.7. The van der Waals surface area contributed by atoms with Gasteiger partial charge in [0.15, 0.2) is 35.3 Å². The summed E-state index contributed by atoms with van der Waals surface area (Å²) in [6.07, 6.45) is 0. The molecule has 0 atom stereocenters. The Balaban J connectivity index is 1.26. The lowest BCUT2D eigenvalue weighted by molar-refractivity contribution is 0.0980. The molecule has 0 fully saturated rings. The van der Waals surface area contributed by atoms with Crippen LogP contribution in [0.25, 0.3) is 11.0 Å². The highest BCUT2D eigenvalue weighted by Gasteiger charge is 2.33. The van der Waals surface area contributed by atoms with Crippen molar-refractivity contribution in [3.8, 4) is 11.5 Å². The van der Waals surface area contributed by atoms with Gasteiger partial charge in [-0.05, 0) is 36.4 Å². The minimum Gasteiger partial charge on any atom is -0.473 e. The normalized spacial score (nSPS) is 12.1. The minimum atomic E-state index is -0.257. The molecule has 10 heteroatoms. The number of ether oxygens (including phenoxy) is 2. The number of halogens is 2. The van der Waals surface area contributed by atoms with Gasteiger partial charge in [0.2, 0.25) is 0 Å². The van der Waals surface area contributed by atoms with Gasteiger partial charge in [0.05, 0.1) is 22.2 Å². The molecule has 8 nitrogen and oxygen atoms in total. The lowest BCUT2D eigenvalue weighted by Crippen LogP contribution is -2.25. The molecule has 198 valence electrons. The molecule has 1 aromatic heterocycles. The molecule has 0 aliphatic heterocycles. The van der Waals surface area contributed by atoms with E-state index < -0.39 is 0 Å². The van der Waals surface area contributed by atoms with Crippen molar-refractivity contribution in [1.29, 1.82) is 0 Å². The fourth-order valence-electron chi connectivity index (χ4n) is 4.51. The number of hydrogen-bond acceptors (Lipinski definition) is 8. The Morgan fingerprint density at radius 2 is 1.12 bits per heavy atom. The Morgan fingerprint density at radius 1 is 0.600 bits per heavy atom. The van der Waals surface area contributed by atoms with Gasteiger partial charge in [-0.3, -0.25) is 9.59 Å².